The fourth-order valence-electron chi connectivity index (χ4n) is 2.14. The summed E-state index contributed by atoms with van der Waals surface area (Å²) in [4.78, 5) is 1.55. The summed E-state index contributed by atoms with van der Waals surface area (Å²) >= 11 is 5.48. The van der Waals surface area contributed by atoms with Gasteiger partial charge in [0, 0.05) is 26.2 Å². The molecule has 1 saturated heterocycles. The first kappa shape index (κ1) is 21.5. The normalized spacial score (nSPS) is 16.7. The summed E-state index contributed by atoms with van der Waals surface area (Å²) in [7, 11) is -4.03. The van der Waals surface area contributed by atoms with Crippen LogP contribution in [0.15, 0.2) is 23.1 Å². The summed E-state index contributed by atoms with van der Waals surface area (Å²) in [6, 6.07) is 2.52. The third-order valence-electron chi connectivity index (χ3n) is 3.38. The number of morpholine rings is 1. The molecule has 0 aliphatic carbocycles. The van der Waals surface area contributed by atoms with Crippen LogP contribution in [0.25, 0.3) is 0 Å². The smallest absolute Gasteiger partial charge is 0.379 e. The highest BCUT2D eigenvalue weighted by atomic mass is 35.5. The van der Waals surface area contributed by atoms with Crippen LogP contribution in [-0.4, -0.2) is 52.7 Å². The maximum Gasteiger partial charge on any atom is 0.417 e. The molecule has 1 fully saturated rings. The van der Waals surface area contributed by atoms with Gasteiger partial charge in [-0.2, -0.15) is 13.2 Å². The number of benzene rings is 1. The van der Waals surface area contributed by atoms with Gasteiger partial charge < -0.3 is 4.74 Å². The highest BCUT2D eigenvalue weighted by Crippen LogP contribution is 2.35. The first-order valence-corrected chi connectivity index (χ1v) is 8.73. The van der Waals surface area contributed by atoms with Crippen molar-refractivity contribution in [2.24, 2.45) is 0 Å². The highest BCUT2D eigenvalue weighted by molar-refractivity contribution is 7.89. The maximum atomic E-state index is 12.8. The molecule has 0 amide bonds. The topological polar surface area (TPSA) is 58.6 Å². The fraction of sp³-hybridized carbons (Fsp3) is 0.538. The van der Waals surface area contributed by atoms with Crippen molar-refractivity contribution in [2.75, 3.05) is 39.4 Å². The van der Waals surface area contributed by atoms with E-state index in [2.05, 4.69) is 4.72 Å². The Kier molecular flexibility index (Phi) is 7.76. The molecule has 1 N–H and O–H groups in total. The third kappa shape index (κ3) is 5.75. The van der Waals surface area contributed by atoms with Crippen molar-refractivity contribution in [1.82, 2.24) is 9.62 Å². The SMILES string of the molecule is Cl.O=S(=O)(NCCN1CCOCC1)c1ccc(Cl)c(C(F)(F)F)c1. The molecule has 0 saturated carbocycles. The van der Waals surface area contributed by atoms with Crippen LogP contribution in [0.1, 0.15) is 5.56 Å². The minimum atomic E-state index is -4.71. The van der Waals surface area contributed by atoms with Crippen LogP contribution in [0.3, 0.4) is 0 Å². The van der Waals surface area contributed by atoms with Crippen molar-refractivity contribution < 1.29 is 26.3 Å². The molecule has 1 heterocycles. The minimum Gasteiger partial charge on any atom is -0.379 e. The second-order valence-electron chi connectivity index (χ2n) is 4.99. The molecule has 0 unspecified atom stereocenters. The Bertz CT molecular complexity index is 650. The van der Waals surface area contributed by atoms with Gasteiger partial charge in [0.2, 0.25) is 10.0 Å². The standard InChI is InChI=1S/C13H16ClF3N2O3S.ClH/c14-12-2-1-10(9-11(12)13(15,16)17)23(20,21)18-3-4-19-5-7-22-8-6-19;/h1-2,9,18H,3-8H2;1H. The molecule has 0 aromatic heterocycles. The van der Waals surface area contributed by atoms with Gasteiger partial charge in [-0.15, -0.1) is 12.4 Å². The van der Waals surface area contributed by atoms with E-state index in [1.807, 2.05) is 4.90 Å². The van der Waals surface area contributed by atoms with Gasteiger partial charge in [-0.25, -0.2) is 13.1 Å². The first-order chi connectivity index (χ1) is 10.7. The van der Waals surface area contributed by atoms with Gasteiger partial charge in [-0.3, -0.25) is 4.90 Å². The van der Waals surface area contributed by atoms with Gasteiger partial charge in [0.05, 0.1) is 28.7 Å². The number of hydrogen-bond acceptors (Lipinski definition) is 4. The molecule has 5 nitrogen and oxygen atoms in total. The van der Waals surface area contributed by atoms with E-state index in [1.54, 1.807) is 0 Å². The molecule has 1 aromatic carbocycles. The first-order valence-electron chi connectivity index (χ1n) is 6.87. The Labute approximate surface area is 149 Å². The fourth-order valence-corrected chi connectivity index (χ4v) is 3.41. The van der Waals surface area contributed by atoms with Crippen LogP contribution in [0, 0.1) is 0 Å². The molecule has 1 aliphatic rings. The van der Waals surface area contributed by atoms with E-state index in [4.69, 9.17) is 16.3 Å². The summed E-state index contributed by atoms with van der Waals surface area (Å²) in [6.07, 6.45) is -4.71. The largest absolute Gasteiger partial charge is 0.417 e. The summed E-state index contributed by atoms with van der Waals surface area (Å²) in [6.45, 7) is 3.12. The second-order valence-corrected chi connectivity index (χ2v) is 7.17. The summed E-state index contributed by atoms with van der Waals surface area (Å²) < 4.78 is 70.1. The number of rotatable bonds is 5. The van der Waals surface area contributed by atoms with Crippen LogP contribution in [0.2, 0.25) is 5.02 Å². The molecule has 11 heteroatoms. The molecule has 0 radical (unpaired) electrons. The Balaban J connectivity index is 0.00000288. The number of nitrogens with one attached hydrogen (secondary N) is 1. The molecule has 0 bridgehead atoms. The van der Waals surface area contributed by atoms with Crippen LogP contribution in [-0.2, 0) is 20.9 Å². The van der Waals surface area contributed by atoms with Crippen molar-refractivity contribution in [2.45, 2.75) is 11.1 Å². The minimum absolute atomic E-state index is 0. The lowest BCUT2D eigenvalue weighted by Gasteiger charge is -2.26. The van der Waals surface area contributed by atoms with Gasteiger partial charge >= 0.3 is 6.18 Å². The average Bonchev–Trinajstić information content (AvgIpc) is 2.47. The van der Waals surface area contributed by atoms with Gasteiger partial charge in [-0.05, 0) is 18.2 Å². The van der Waals surface area contributed by atoms with Crippen molar-refractivity contribution in [3.05, 3.63) is 28.8 Å². The number of halogens is 5. The number of alkyl halides is 3. The van der Waals surface area contributed by atoms with Crippen molar-refractivity contribution in [3.8, 4) is 0 Å². The van der Waals surface area contributed by atoms with Crippen LogP contribution >= 0.6 is 24.0 Å². The molecule has 1 aromatic rings. The number of hydrogen-bond donors (Lipinski definition) is 1. The Morgan fingerprint density at radius 3 is 2.46 bits per heavy atom. The van der Waals surface area contributed by atoms with E-state index < -0.39 is 31.7 Å². The van der Waals surface area contributed by atoms with Crippen molar-refractivity contribution in [3.63, 3.8) is 0 Å². The third-order valence-corrected chi connectivity index (χ3v) is 5.17. The molecule has 24 heavy (non-hydrogen) atoms. The van der Waals surface area contributed by atoms with E-state index in [1.165, 1.54) is 0 Å². The van der Waals surface area contributed by atoms with Crippen molar-refractivity contribution >= 4 is 34.0 Å². The summed E-state index contributed by atoms with van der Waals surface area (Å²) in [5.74, 6) is 0. The molecular formula is C13H17Cl2F3N2O3S. The Morgan fingerprint density at radius 1 is 1.25 bits per heavy atom. The van der Waals surface area contributed by atoms with Crippen LogP contribution < -0.4 is 4.72 Å². The van der Waals surface area contributed by atoms with Crippen LogP contribution in [0.5, 0.6) is 0 Å². The summed E-state index contributed by atoms with van der Waals surface area (Å²) in [5.41, 5.74) is -1.17. The molecule has 2 rings (SSSR count). The lowest BCUT2D eigenvalue weighted by Crippen LogP contribution is -2.41. The van der Waals surface area contributed by atoms with Gasteiger partial charge in [0.15, 0.2) is 0 Å². The molecule has 1 aliphatic heterocycles. The zero-order valence-electron chi connectivity index (χ0n) is 12.5. The summed E-state index contributed by atoms with van der Waals surface area (Å²) in [5, 5.41) is -0.537. The van der Waals surface area contributed by atoms with Gasteiger partial charge in [0.1, 0.15) is 0 Å². The number of sulfonamides is 1. The predicted molar refractivity (Wildman–Crippen MR) is 86.1 cm³/mol. The van der Waals surface area contributed by atoms with Crippen molar-refractivity contribution in [1.29, 1.82) is 0 Å². The van der Waals surface area contributed by atoms with E-state index in [9.17, 15) is 21.6 Å². The zero-order chi connectivity index (χ0) is 17.1. The molecule has 0 spiro atoms. The second kappa shape index (κ2) is 8.68. The molecule has 0 atom stereocenters. The van der Waals surface area contributed by atoms with E-state index in [0.717, 1.165) is 12.1 Å². The monoisotopic (exact) mass is 408 g/mol. The lowest BCUT2D eigenvalue weighted by molar-refractivity contribution is -0.137. The molecular weight excluding hydrogens is 392 g/mol. The highest BCUT2D eigenvalue weighted by Gasteiger charge is 2.34. The number of nitrogens with zero attached hydrogens (tertiary/aromatic N) is 1. The Morgan fingerprint density at radius 2 is 1.88 bits per heavy atom. The van der Waals surface area contributed by atoms with Crippen LogP contribution in [0.4, 0.5) is 13.2 Å². The van der Waals surface area contributed by atoms with Gasteiger partial charge in [0.25, 0.3) is 0 Å². The zero-order valence-corrected chi connectivity index (χ0v) is 14.9. The molecule has 138 valence electrons. The van der Waals surface area contributed by atoms with E-state index in [-0.39, 0.29) is 19.0 Å². The maximum absolute atomic E-state index is 12.8. The quantitative estimate of drug-likeness (QED) is 0.812. The van der Waals surface area contributed by atoms with Gasteiger partial charge in [-0.1, -0.05) is 11.6 Å². The predicted octanol–water partition coefficient (Wildman–Crippen LogP) is 2.39. The lowest BCUT2D eigenvalue weighted by atomic mass is 10.2. The Hall–Kier alpha value is -0.580. The number of ether oxygens (including phenoxy) is 1. The van der Waals surface area contributed by atoms with E-state index >= 15 is 0 Å². The van der Waals surface area contributed by atoms with E-state index in [0.29, 0.717) is 38.9 Å². The average molecular weight is 409 g/mol.